The van der Waals surface area contributed by atoms with Crippen LogP contribution in [0.1, 0.15) is 21.9 Å². The molecule has 0 bridgehead atoms. The smallest absolute Gasteiger partial charge is 0.274 e. The highest BCUT2D eigenvalue weighted by Gasteiger charge is 2.11. The summed E-state index contributed by atoms with van der Waals surface area (Å²) in [6, 6.07) is 16.8. The van der Waals surface area contributed by atoms with E-state index in [1.54, 1.807) is 13.0 Å². The van der Waals surface area contributed by atoms with E-state index in [1.807, 2.05) is 67.5 Å². The first kappa shape index (κ1) is 19.6. The molecule has 144 valence electrons. The van der Waals surface area contributed by atoms with Crippen molar-refractivity contribution >= 4 is 34.7 Å². The van der Waals surface area contributed by atoms with Crippen molar-refractivity contribution in [3.05, 3.63) is 76.7 Å². The number of aryl methyl sites for hydroxylation is 1. The lowest BCUT2D eigenvalue weighted by molar-refractivity contribution is 0.102. The summed E-state index contributed by atoms with van der Waals surface area (Å²) < 4.78 is 0. The zero-order valence-electron chi connectivity index (χ0n) is 16.0. The van der Waals surface area contributed by atoms with Gasteiger partial charge in [-0.3, -0.25) is 4.79 Å². The van der Waals surface area contributed by atoms with Gasteiger partial charge in [0.2, 0.25) is 0 Å². The molecule has 0 aliphatic rings. The maximum absolute atomic E-state index is 12.6. The normalized spacial score (nSPS) is 10.4. The molecule has 3 rings (SSSR count). The molecule has 28 heavy (non-hydrogen) atoms. The van der Waals surface area contributed by atoms with Crippen LogP contribution in [0, 0.1) is 6.92 Å². The third-order valence-corrected chi connectivity index (χ3v) is 4.50. The number of rotatable bonds is 6. The highest BCUT2D eigenvalue weighted by Crippen LogP contribution is 2.18. The van der Waals surface area contributed by atoms with Gasteiger partial charge in [-0.25, -0.2) is 9.97 Å². The molecule has 1 amide bonds. The first-order valence-corrected chi connectivity index (χ1v) is 9.22. The largest absolute Gasteiger partial charge is 0.378 e. The Balaban J connectivity index is 1.71. The predicted molar refractivity (Wildman–Crippen MR) is 114 cm³/mol. The summed E-state index contributed by atoms with van der Waals surface area (Å²) in [5, 5.41) is 6.75. The molecule has 2 N–H and O–H groups in total. The fraction of sp³-hybridized carbons (Fsp3) is 0.190. The lowest BCUT2D eigenvalue weighted by Crippen LogP contribution is -2.16. The molecule has 0 aliphatic carbocycles. The van der Waals surface area contributed by atoms with Gasteiger partial charge < -0.3 is 15.5 Å². The van der Waals surface area contributed by atoms with E-state index in [2.05, 4.69) is 20.6 Å². The molecule has 0 radical (unpaired) electrons. The van der Waals surface area contributed by atoms with E-state index in [4.69, 9.17) is 11.6 Å². The van der Waals surface area contributed by atoms with Gasteiger partial charge in [0.1, 0.15) is 17.3 Å². The predicted octanol–water partition coefficient (Wildman–Crippen LogP) is 4.37. The van der Waals surface area contributed by atoms with Gasteiger partial charge in [0.25, 0.3) is 5.91 Å². The van der Waals surface area contributed by atoms with Gasteiger partial charge in [-0.1, -0.05) is 29.8 Å². The zero-order chi connectivity index (χ0) is 20.1. The Kier molecular flexibility index (Phi) is 6.11. The van der Waals surface area contributed by atoms with Gasteiger partial charge in [-0.05, 0) is 42.8 Å². The van der Waals surface area contributed by atoms with E-state index in [9.17, 15) is 4.79 Å². The van der Waals surface area contributed by atoms with Crippen molar-refractivity contribution in [1.82, 2.24) is 9.97 Å². The van der Waals surface area contributed by atoms with Gasteiger partial charge in [-0.2, -0.15) is 0 Å². The Hall–Kier alpha value is -3.12. The van der Waals surface area contributed by atoms with Crippen molar-refractivity contribution in [2.24, 2.45) is 0 Å². The van der Waals surface area contributed by atoms with Gasteiger partial charge >= 0.3 is 0 Å². The number of hydrogen-bond acceptors (Lipinski definition) is 5. The maximum atomic E-state index is 12.6. The van der Waals surface area contributed by atoms with Gasteiger partial charge in [0.15, 0.2) is 0 Å². The Labute approximate surface area is 169 Å². The minimum atomic E-state index is -0.288. The third kappa shape index (κ3) is 4.98. The van der Waals surface area contributed by atoms with Crippen molar-refractivity contribution in [2.75, 3.05) is 29.6 Å². The minimum Gasteiger partial charge on any atom is -0.378 e. The monoisotopic (exact) mass is 395 g/mol. The van der Waals surface area contributed by atoms with Crippen molar-refractivity contribution in [3.63, 3.8) is 0 Å². The SMILES string of the molecule is Cc1nc(NCc2ccccc2Cl)cc(C(=O)Nc2ccc(N(C)C)cc2)n1. The fourth-order valence-electron chi connectivity index (χ4n) is 2.64. The van der Waals surface area contributed by atoms with Crippen LogP contribution in [0.4, 0.5) is 17.2 Å². The van der Waals surface area contributed by atoms with Crippen molar-refractivity contribution in [2.45, 2.75) is 13.5 Å². The maximum Gasteiger partial charge on any atom is 0.274 e. The Bertz CT molecular complexity index is 973. The van der Waals surface area contributed by atoms with E-state index in [1.165, 1.54) is 0 Å². The molecular weight excluding hydrogens is 374 g/mol. The van der Waals surface area contributed by atoms with Crippen LogP contribution in [0.3, 0.4) is 0 Å². The summed E-state index contributed by atoms with van der Waals surface area (Å²) in [5.41, 5.74) is 3.01. The van der Waals surface area contributed by atoms with E-state index in [0.29, 0.717) is 34.6 Å². The second-order valence-electron chi connectivity index (χ2n) is 6.53. The van der Waals surface area contributed by atoms with Gasteiger partial charge in [-0.15, -0.1) is 0 Å². The molecule has 0 spiro atoms. The lowest BCUT2D eigenvalue weighted by atomic mass is 10.2. The molecule has 0 saturated carbocycles. The first-order valence-electron chi connectivity index (χ1n) is 8.84. The number of halogens is 1. The number of benzene rings is 2. The quantitative estimate of drug-likeness (QED) is 0.648. The second kappa shape index (κ2) is 8.71. The Morgan fingerprint density at radius 2 is 1.79 bits per heavy atom. The second-order valence-corrected chi connectivity index (χ2v) is 6.93. The Morgan fingerprint density at radius 3 is 2.46 bits per heavy atom. The van der Waals surface area contributed by atoms with Crippen molar-refractivity contribution in [3.8, 4) is 0 Å². The van der Waals surface area contributed by atoms with Crippen LogP contribution in [0.15, 0.2) is 54.6 Å². The number of hydrogen-bond donors (Lipinski definition) is 2. The van der Waals surface area contributed by atoms with E-state index in [-0.39, 0.29) is 5.91 Å². The summed E-state index contributed by atoms with van der Waals surface area (Å²) >= 11 is 6.18. The van der Waals surface area contributed by atoms with Crippen LogP contribution in [-0.2, 0) is 6.54 Å². The highest BCUT2D eigenvalue weighted by molar-refractivity contribution is 6.31. The molecule has 0 atom stereocenters. The molecule has 0 saturated heterocycles. The van der Waals surface area contributed by atoms with E-state index >= 15 is 0 Å². The number of nitrogens with zero attached hydrogens (tertiary/aromatic N) is 3. The molecule has 0 fully saturated rings. The number of aromatic nitrogens is 2. The number of nitrogens with one attached hydrogen (secondary N) is 2. The first-order chi connectivity index (χ1) is 13.4. The molecule has 0 aliphatic heterocycles. The number of carbonyl (C=O) groups is 1. The van der Waals surface area contributed by atoms with Crippen LogP contribution >= 0.6 is 11.6 Å². The molecule has 1 heterocycles. The fourth-order valence-corrected chi connectivity index (χ4v) is 2.84. The number of carbonyl (C=O) groups excluding carboxylic acids is 1. The third-order valence-electron chi connectivity index (χ3n) is 4.13. The van der Waals surface area contributed by atoms with Crippen molar-refractivity contribution in [1.29, 1.82) is 0 Å². The summed E-state index contributed by atoms with van der Waals surface area (Å²) in [7, 11) is 3.93. The van der Waals surface area contributed by atoms with Crippen LogP contribution in [0.25, 0.3) is 0 Å². The number of anilines is 3. The zero-order valence-corrected chi connectivity index (χ0v) is 16.8. The summed E-state index contributed by atoms with van der Waals surface area (Å²) in [6.07, 6.45) is 0. The average Bonchev–Trinajstić information content (AvgIpc) is 2.67. The van der Waals surface area contributed by atoms with Gasteiger partial charge in [0.05, 0.1) is 0 Å². The summed E-state index contributed by atoms with van der Waals surface area (Å²) in [5.74, 6) is 0.793. The number of amides is 1. The van der Waals surface area contributed by atoms with Crippen LogP contribution in [0.5, 0.6) is 0 Å². The molecule has 3 aromatic rings. The Morgan fingerprint density at radius 1 is 1.07 bits per heavy atom. The molecule has 1 aromatic heterocycles. The molecule has 0 unspecified atom stereocenters. The van der Waals surface area contributed by atoms with Gasteiger partial charge in [0, 0.05) is 43.1 Å². The van der Waals surface area contributed by atoms with E-state index in [0.717, 1.165) is 11.3 Å². The molecule has 2 aromatic carbocycles. The van der Waals surface area contributed by atoms with E-state index < -0.39 is 0 Å². The standard InChI is InChI=1S/C21H22ClN5O/c1-14-24-19(21(28)26-16-8-10-17(11-9-16)27(2)3)12-20(25-14)23-13-15-6-4-5-7-18(15)22/h4-12H,13H2,1-3H3,(H,26,28)(H,23,24,25). The molecule has 6 nitrogen and oxygen atoms in total. The summed E-state index contributed by atoms with van der Waals surface area (Å²) in [4.78, 5) is 23.2. The average molecular weight is 396 g/mol. The van der Waals surface area contributed by atoms with Crippen LogP contribution in [0.2, 0.25) is 5.02 Å². The minimum absolute atomic E-state index is 0.288. The van der Waals surface area contributed by atoms with Crippen LogP contribution < -0.4 is 15.5 Å². The molecule has 7 heteroatoms. The molecular formula is C21H22ClN5O. The highest BCUT2D eigenvalue weighted by atomic mass is 35.5. The lowest BCUT2D eigenvalue weighted by Gasteiger charge is -2.13. The van der Waals surface area contributed by atoms with Crippen LogP contribution in [-0.4, -0.2) is 30.0 Å². The summed E-state index contributed by atoms with van der Waals surface area (Å²) in [6.45, 7) is 2.26. The topological polar surface area (TPSA) is 70.2 Å². The van der Waals surface area contributed by atoms with Crippen molar-refractivity contribution < 1.29 is 4.79 Å².